The third-order valence-corrected chi connectivity index (χ3v) is 3.67. The van der Waals surface area contributed by atoms with Crippen LogP contribution in [0.5, 0.6) is 0 Å². The zero-order valence-electron chi connectivity index (χ0n) is 13.5. The largest absolute Gasteiger partial charge is 0.394 e. The first-order valence-electron chi connectivity index (χ1n) is 7.26. The molecule has 0 saturated heterocycles. The van der Waals surface area contributed by atoms with Gasteiger partial charge in [0.2, 0.25) is 5.69 Å². The number of aryl methyl sites for hydroxylation is 1. The van der Waals surface area contributed by atoms with Crippen LogP contribution in [0.2, 0.25) is 0 Å². The van der Waals surface area contributed by atoms with Crippen molar-refractivity contribution in [3.63, 3.8) is 0 Å². The molecule has 138 valence electrons. The monoisotopic (exact) mass is 365 g/mol. The number of nitrogens with one attached hydrogen (secondary N) is 1. The van der Waals surface area contributed by atoms with E-state index >= 15 is 0 Å². The van der Waals surface area contributed by atoms with Gasteiger partial charge in [0.05, 0.1) is 22.5 Å². The number of nitro groups is 2. The van der Waals surface area contributed by atoms with Crippen LogP contribution in [-0.2, 0) is 7.05 Å². The summed E-state index contributed by atoms with van der Waals surface area (Å²) >= 11 is 0. The molecule has 3 N–H and O–H groups in total. The number of aromatic nitrogens is 2. The Balaban J connectivity index is 2.20. The number of carbonyl (C=O) groups excluding carboxylic acids is 1. The lowest BCUT2D eigenvalue weighted by Gasteiger charge is -2.22. The van der Waals surface area contributed by atoms with E-state index < -0.39 is 40.2 Å². The Morgan fingerprint density at radius 2 is 1.88 bits per heavy atom. The van der Waals surface area contributed by atoms with Crippen LogP contribution < -0.4 is 5.32 Å². The Morgan fingerprint density at radius 1 is 1.27 bits per heavy atom. The van der Waals surface area contributed by atoms with Crippen LogP contribution in [0.4, 0.5) is 11.4 Å². The van der Waals surface area contributed by atoms with Crippen molar-refractivity contribution in [1.82, 2.24) is 15.1 Å². The minimum Gasteiger partial charge on any atom is -0.394 e. The highest BCUT2D eigenvalue weighted by Crippen LogP contribution is 2.22. The molecule has 1 amide bonds. The molecule has 12 heteroatoms. The molecule has 2 aromatic rings. The van der Waals surface area contributed by atoms with Gasteiger partial charge in [-0.25, -0.2) is 0 Å². The molecule has 0 bridgehead atoms. The quantitative estimate of drug-likeness (QED) is 0.456. The zero-order chi connectivity index (χ0) is 19.4. The van der Waals surface area contributed by atoms with Gasteiger partial charge in [-0.15, -0.1) is 0 Å². The van der Waals surface area contributed by atoms with Gasteiger partial charge in [0.25, 0.3) is 11.6 Å². The number of aliphatic hydroxyl groups is 2. The van der Waals surface area contributed by atoms with Crippen LogP contribution in [0, 0.1) is 20.2 Å². The summed E-state index contributed by atoms with van der Waals surface area (Å²) in [7, 11) is 1.34. The highest BCUT2D eigenvalue weighted by atomic mass is 16.6. The summed E-state index contributed by atoms with van der Waals surface area (Å²) < 4.78 is 1.00. The molecule has 0 fully saturated rings. The average molecular weight is 365 g/mol. The van der Waals surface area contributed by atoms with E-state index in [1.807, 2.05) is 0 Å². The average Bonchev–Trinajstić information content (AvgIpc) is 3.01. The number of aliphatic hydroxyl groups excluding tert-OH is 2. The fourth-order valence-corrected chi connectivity index (χ4v) is 2.31. The molecule has 0 aliphatic heterocycles. The number of hydrogen-bond acceptors (Lipinski definition) is 8. The highest BCUT2D eigenvalue weighted by Gasteiger charge is 2.29. The molecular weight excluding hydrogens is 350 g/mol. The van der Waals surface area contributed by atoms with Gasteiger partial charge >= 0.3 is 5.69 Å². The molecule has 0 spiro atoms. The second-order valence-corrected chi connectivity index (χ2v) is 5.32. The summed E-state index contributed by atoms with van der Waals surface area (Å²) in [5.74, 6) is -0.906. The summed E-state index contributed by atoms with van der Waals surface area (Å²) in [5, 5.41) is 47.3. The summed E-state index contributed by atoms with van der Waals surface area (Å²) in [6.07, 6.45) is -0.479. The van der Waals surface area contributed by atoms with E-state index in [9.17, 15) is 35.2 Å². The summed E-state index contributed by atoms with van der Waals surface area (Å²) in [6, 6.07) is 3.70. The van der Waals surface area contributed by atoms with E-state index in [1.54, 1.807) is 0 Å². The normalized spacial score (nSPS) is 13.0. The molecule has 2 rings (SSSR count). The number of benzene rings is 1. The van der Waals surface area contributed by atoms with Crippen LogP contribution in [0.15, 0.2) is 30.5 Å². The Hall–Kier alpha value is -3.38. The van der Waals surface area contributed by atoms with Gasteiger partial charge in [0, 0.05) is 19.2 Å². The summed E-state index contributed by atoms with van der Waals surface area (Å²) in [5.41, 5.74) is -0.832. The van der Waals surface area contributed by atoms with Gasteiger partial charge in [0.1, 0.15) is 12.3 Å². The predicted molar refractivity (Wildman–Crippen MR) is 86.3 cm³/mol. The third kappa shape index (κ3) is 3.81. The lowest BCUT2D eigenvalue weighted by molar-refractivity contribution is -0.385. The Morgan fingerprint density at radius 3 is 2.38 bits per heavy atom. The predicted octanol–water partition coefficient (Wildman–Crippen LogP) is 0.0608. The first-order valence-corrected chi connectivity index (χ1v) is 7.26. The van der Waals surface area contributed by atoms with Gasteiger partial charge in [-0.05, 0) is 17.7 Å². The van der Waals surface area contributed by atoms with Crippen LogP contribution in [0.1, 0.15) is 22.2 Å². The lowest BCUT2D eigenvalue weighted by atomic mass is 10.0. The lowest BCUT2D eigenvalue weighted by Crippen LogP contribution is -2.42. The zero-order valence-corrected chi connectivity index (χ0v) is 13.5. The van der Waals surface area contributed by atoms with Crippen molar-refractivity contribution in [2.24, 2.45) is 7.05 Å². The fourth-order valence-electron chi connectivity index (χ4n) is 2.31. The standard InChI is InChI=1S/C14H15N5O7/c1-17-12(11(6-15-17)19(25)26)14(22)16-10(7-20)13(21)8-2-4-9(5-3-8)18(23)24/h2-6,10,13,20-21H,7H2,1H3,(H,16,22)/t10-,13-/m0/s1. The van der Waals surface area contributed by atoms with Crippen LogP contribution in [0.25, 0.3) is 0 Å². The van der Waals surface area contributed by atoms with Crippen LogP contribution in [-0.4, -0.2) is 48.4 Å². The molecule has 0 radical (unpaired) electrons. The number of nitrogens with zero attached hydrogens (tertiary/aromatic N) is 4. The SMILES string of the molecule is Cn1ncc([N+](=O)[O-])c1C(=O)N[C@@H](CO)[C@@H](O)c1ccc([N+](=O)[O-])cc1. The Bertz CT molecular complexity index is 833. The maximum atomic E-state index is 12.3. The Kier molecular flexibility index (Phi) is 5.59. The van der Waals surface area contributed by atoms with Crippen LogP contribution in [0.3, 0.4) is 0 Å². The second-order valence-electron chi connectivity index (χ2n) is 5.32. The van der Waals surface area contributed by atoms with E-state index in [4.69, 9.17) is 0 Å². The number of rotatable bonds is 7. The van der Waals surface area contributed by atoms with E-state index in [0.29, 0.717) is 0 Å². The van der Waals surface area contributed by atoms with Crippen molar-refractivity contribution in [2.45, 2.75) is 12.1 Å². The van der Waals surface area contributed by atoms with E-state index in [2.05, 4.69) is 10.4 Å². The van der Waals surface area contributed by atoms with Gasteiger partial charge in [0.15, 0.2) is 0 Å². The maximum Gasteiger partial charge on any atom is 0.320 e. The minimum absolute atomic E-state index is 0.184. The van der Waals surface area contributed by atoms with Crippen molar-refractivity contribution in [3.8, 4) is 0 Å². The van der Waals surface area contributed by atoms with E-state index in [-0.39, 0.29) is 16.9 Å². The van der Waals surface area contributed by atoms with E-state index in [0.717, 1.165) is 10.9 Å². The Labute approximate surface area is 146 Å². The summed E-state index contributed by atoms with van der Waals surface area (Å²) in [6.45, 7) is -0.671. The third-order valence-electron chi connectivity index (χ3n) is 3.67. The van der Waals surface area contributed by atoms with Crippen molar-refractivity contribution >= 4 is 17.3 Å². The van der Waals surface area contributed by atoms with Gasteiger partial charge in [-0.2, -0.15) is 5.10 Å². The number of carbonyl (C=O) groups is 1. The number of non-ortho nitro benzene ring substituents is 1. The van der Waals surface area contributed by atoms with Crippen LogP contribution >= 0.6 is 0 Å². The topological polar surface area (TPSA) is 174 Å². The molecule has 0 unspecified atom stereocenters. The van der Waals surface area contributed by atoms with Crippen molar-refractivity contribution in [2.75, 3.05) is 6.61 Å². The molecule has 1 aromatic carbocycles. The second kappa shape index (κ2) is 7.67. The van der Waals surface area contributed by atoms with Crippen molar-refractivity contribution < 1.29 is 24.9 Å². The number of amides is 1. The number of hydrogen-bond donors (Lipinski definition) is 3. The van der Waals surface area contributed by atoms with Crippen molar-refractivity contribution in [3.05, 3.63) is 61.9 Å². The van der Waals surface area contributed by atoms with Crippen molar-refractivity contribution in [1.29, 1.82) is 0 Å². The van der Waals surface area contributed by atoms with Gasteiger partial charge in [-0.1, -0.05) is 0 Å². The molecule has 0 aliphatic rings. The molecule has 0 aliphatic carbocycles. The minimum atomic E-state index is -1.39. The smallest absolute Gasteiger partial charge is 0.320 e. The maximum absolute atomic E-state index is 12.3. The van der Waals surface area contributed by atoms with Gasteiger partial charge < -0.3 is 15.5 Å². The molecule has 1 heterocycles. The molecular formula is C14H15N5O7. The van der Waals surface area contributed by atoms with E-state index in [1.165, 1.54) is 31.3 Å². The number of nitro benzene ring substituents is 1. The highest BCUT2D eigenvalue weighted by molar-refractivity contribution is 5.96. The molecule has 1 aromatic heterocycles. The molecule has 26 heavy (non-hydrogen) atoms. The fraction of sp³-hybridized carbons (Fsp3) is 0.286. The molecule has 0 saturated carbocycles. The first-order chi connectivity index (χ1) is 12.3. The van der Waals surface area contributed by atoms with Gasteiger partial charge in [-0.3, -0.25) is 29.7 Å². The summed E-state index contributed by atoms with van der Waals surface area (Å²) in [4.78, 5) is 32.5. The molecule has 12 nitrogen and oxygen atoms in total. The first kappa shape index (κ1) is 19.0. The molecule has 2 atom stereocenters.